The number of hydrogen-bond donors (Lipinski definition) is 1. The third kappa shape index (κ3) is 2.96. The van der Waals surface area contributed by atoms with Gasteiger partial charge in [0.2, 0.25) is 10.0 Å². The number of sulfonamides is 1. The summed E-state index contributed by atoms with van der Waals surface area (Å²) < 4.78 is 25.2. The predicted molar refractivity (Wildman–Crippen MR) is 91.1 cm³/mol. The summed E-state index contributed by atoms with van der Waals surface area (Å²) in [5, 5.41) is 10.0. The molecule has 0 saturated carbocycles. The largest absolute Gasteiger partial charge is 0.396 e. The number of hydrogen-bond acceptors (Lipinski definition) is 4. The van der Waals surface area contributed by atoms with Crippen molar-refractivity contribution in [2.75, 3.05) is 39.0 Å². The molecule has 2 aliphatic rings. The summed E-state index contributed by atoms with van der Waals surface area (Å²) in [5.74, 6) is 0.0512. The number of aryl methyl sites for hydroxylation is 1. The van der Waals surface area contributed by atoms with Gasteiger partial charge < -0.3 is 10.0 Å². The lowest BCUT2D eigenvalue weighted by Crippen LogP contribution is -2.52. The van der Waals surface area contributed by atoms with Crippen LogP contribution in [0.3, 0.4) is 0 Å². The highest BCUT2D eigenvalue weighted by Crippen LogP contribution is 2.43. The highest BCUT2D eigenvalue weighted by Gasteiger charge is 2.52. The lowest BCUT2D eigenvalue weighted by Gasteiger charge is -2.43. The van der Waals surface area contributed by atoms with E-state index < -0.39 is 15.4 Å². The van der Waals surface area contributed by atoms with Crippen molar-refractivity contribution in [3.8, 4) is 0 Å². The fourth-order valence-electron chi connectivity index (χ4n) is 3.97. The minimum atomic E-state index is -3.29. The van der Waals surface area contributed by atoms with Crippen LogP contribution in [-0.2, 0) is 10.0 Å². The number of amides is 1. The van der Waals surface area contributed by atoms with E-state index in [1.165, 1.54) is 10.6 Å². The van der Waals surface area contributed by atoms with Crippen LogP contribution in [0.5, 0.6) is 0 Å². The maximum atomic E-state index is 12.9. The summed E-state index contributed by atoms with van der Waals surface area (Å²) in [5.41, 5.74) is 1.04. The second-order valence-corrected chi connectivity index (χ2v) is 9.09. The normalized spacial score (nSPS) is 28.0. The molecule has 0 bridgehead atoms. The molecule has 2 heterocycles. The summed E-state index contributed by atoms with van der Waals surface area (Å²) in [6.45, 7) is 3.50. The molecule has 1 aromatic rings. The molecule has 2 saturated heterocycles. The van der Waals surface area contributed by atoms with Gasteiger partial charge in [-0.15, -0.1) is 0 Å². The Morgan fingerprint density at radius 2 is 2.04 bits per heavy atom. The van der Waals surface area contributed by atoms with Crippen molar-refractivity contribution >= 4 is 15.9 Å². The summed E-state index contributed by atoms with van der Waals surface area (Å²) in [6, 6.07) is 7.46. The predicted octanol–water partition coefficient (Wildman–Crippen LogP) is 0.711. The number of carbonyl (C=O) groups excluding carboxylic acids is 1. The Bertz CT molecular complexity index is 749. The molecule has 1 N–H and O–H groups in total. The van der Waals surface area contributed by atoms with Gasteiger partial charge in [0, 0.05) is 37.2 Å². The Hall–Kier alpha value is -1.44. The van der Waals surface area contributed by atoms with E-state index in [4.69, 9.17) is 0 Å². The average molecular weight is 352 g/mol. The first-order valence-electron chi connectivity index (χ1n) is 8.18. The van der Waals surface area contributed by atoms with Gasteiger partial charge in [0.05, 0.1) is 12.9 Å². The van der Waals surface area contributed by atoms with E-state index in [0.29, 0.717) is 31.6 Å². The van der Waals surface area contributed by atoms with Crippen molar-refractivity contribution < 1.29 is 18.3 Å². The molecule has 1 amide bonds. The average Bonchev–Trinajstić information content (AvgIpc) is 2.94. The van der Waals surface area contributed by atoms with Gasteiger partial charge in [-0.2, -0.15) is 0 Å². The third-order valence-electron chi connectivity index (χ3n) is 5.48. The number of aliphatic hydroxyl groups is 1. The van der Waals surface area contributed by atoms with E-state index in [-0.39, 0.29) is 25.0 Å². The standard InChI is InChI=1S/C17H24N2O4S/c1-13-5-3-4-6-15(13)16(21)18-8-7-14-9-19(24(2,22)23)11-17(14,10-18)12-20/h3-6,14,20H,7-12H2,1-2H3/t14-,17+/m0/s1. The smallest absolute Gasteiger partial charge is 0.254 e. The van der Waals surface area contributed by atoms with Crippen LogP contribution in [0.2, 0.25) is 0 Å². The molecule has 0 unspecified atom stereocenters. The van der Waals surface area contributed by atoms with Gasteiger partial charge in [-0.1, -0.05) is 18.2 Å². The molecule has 0 aliphatic carbocycles. The zero-order chi connectivity index (χ0) is 17.5. The Morgan fingerprint density at radius 3 is 2.67 bits per heavy atom. The van der Waals surface area contributed by atoms with E-state index in [1.807, 2.05) is 31.2 Å². The molecule has 0 spiro atoms. The van der Waals surface area contributed by atoms with Crippen molar-refractivity contribution in [3.63, 3.8) is 0 Å². The van der Waals surface area contributed by atoms with Crippen molar-refractivity contribution in [1.29, 1.82) is 0 Å². The van der Waals surface area contributed by atoms with Gasteiger partial charge in [-0.05, 0) is 30.9 Å². The summed E-state index contributed by atoms with van der Waals surface area (Å²) in [4.78, 5) is 14.6. The number of fused-ring (bicyclic) bond motifs is 1. The van der Waals surface area contributed by atoms with Crippen molar-refractivity contribution in [2.45, 2.75) is 13.3 Å². The molecule has 132 valence electrons. The fraction of sp³-hybridized carbons (Fsp3) is 0.588. The van der Waals surface area contributed by atoms with Gasteiger partial charge >= 0.3 is 0 Å². The molecular weight excluding hydrogens is 328 g/mol. The molecule has 2 aliphatic heterocycles. The summed E-state index contributed by atoms with van der Waals surface area (Å²) >= 11 is 0. The lowest BCUT2D eigenvalue weighted by atomic mass is 9.74. The molecular formula is C17H24N2O4S. The number of likely N-dealkylation sites (tertiary alicyclic amines) is 1. The van der Waals surface area contributed by atoms with E-state index in [1.54, 1.807) is 4.90 Å². The molecule has 1 aromatic carbocycles. The maximum absolute atomic E-state index is 12.9. The molecule has 6 nitrogen and oxygen atoms in total. The molecule has 2 atom stereocenters. The molecule has 3 rings (SSSR count). The van der Waals surface area contributed by atoms with Crippen LogP contribution in [-0.4, -0.2) is 67.7 Å². The van der Waals surface area contributed by atoms with E-state index in [9.17, 15) is 18.3 Å². The number of nitrogens with zero attached hydrogens (tertiary/aromatic N) is 2. The van der Waals surface area contributed by atoms with Crippen molar-refractivity contribution in [2.24, 2.45) is 11.3 Å². The van der Waals surface area contributed by atoms with Crippen LogP contribution in [0.1, 0.15) is 22.3 Å². The summed E-state index contributed by atoms with van der Waals surface area (Å²) in [7, 11) is -3.29. The van der Waals surface area contributed by atoms with Gasteiger partial charge in [0.1, 0.15) is 0 Å². The Labute approximate surface area is 143 Å². The van der Waals surface area contributed by atoms with Gasteiger partial charge in [0.15, 0.2) is 0 Å². The van der Waals surface area contributed by atoms with Crippen LogP contribution in [0, 0.1) is 18.3 Å². The topological polar surface area (TPSA) is 77.9 Å². The number of aliphatic hydroxyl groups excluding tert-OH is 1. The van der Waals surface area contributed by atoms with Gasteiger partial charge in [0.25, 0.3) is 5.91 Å². The zero-order valence-electron chi connectivity index (χ0n) is 14.1. The number of carbonyl (C=O) groups is 1. The van der Waals surface area contributed by atoms with E-state index in [0.717, 1.165) is 5.56 Å². The van der Waals surface area contributed by atoms with E-state index >= 15 is 0 Å². The highest BCUT2D eigenvalue weighted by atomic mass is 32.2. The summed E-state index contributed by atoms with van der Waals surface area (Å²) in [6.07, 6.45) is 1.91. The molecule has 2 fully saturated rings. The van der Waals surface area contributed by atoms with Crippen LogP contribution in [0.4, 0.5) is 0 Å². The SMILES string of the molecule is Cc1ccccc1C(=O)N1CC[C@H]2CN(S(C)(=O)=O)C[C@@]2(CO)C1. The maximum Gasteiger partial charge on any atom is 0.254 e. The van der Waals surface area contributed by atoms with E-state index in [2.05, 4.69) is 0 Å². The quantitative estimate of drug-likeness (QED) is 0.869. The highest BCUT2D eigenvalue weighted by molar-refractivity contribution is 7.88. The Kier molecular flexibility index (Phi) is 4.44. The van der Waals surface area contributed by atoms with Crippen LogP contribution < -0.4 is 0 Å². The van der Waals surface area contributed by atoms with Gasteiger partial charge in [-0.3, -0.25) is 4.79 Å². The molecule has 24 heavy (non-hydrogen) atoms. The second-order valence-electron chi connectivity index (χ2n) is 7.10. The van der Waals surface area contributed by atoms with Gasteiger partial charge in [-0.25, -0.2) is 12.7 Å². The third-order valence-corrected chi connectivity index (χ3v) is 6.70. The molecule has 0 aromatic heterocycles. The number of benzene rings is 1. The number of rotatable bonds is 3. The minimum absolute atomic E-state index is 0.0443. The van der Waals surface area contributed by atoms with Crippen LogP contribution in [0.25, 0.3) is 0 Å². The molecule has 0 radical (unpaired) electrons. The Balaban J connectivity index is 1.84. The fourth-order valence-corrected chi connectivity index (χ4v) is 4.91. The number of piperidine rings is 1. The first-order valence-corrected chi connectivity index (χ1v) is 10.0. The lowest BCUT2D eigenvalue weighted by molar-refractivity contribution is 0.0129. The van der Waals surface area contributed by atoms with Crippen molar-refractivity contribution in [1.82, 2.24) is 9.21 Å². The van der Waals surface area contributed by atoms with Crippen LogP contribution in [0.15, 0.2) is 24.3 Å². The second kappa shape index (κ2) is 6.13. The zero-order valence-corrected chi connectivity index (χ0v) is 14.9. The van der Waals surface area contributed by atoms with Crippen LogP contribution >= 0.6 is 0 Å². The first-order chi connectivity index (χ1) is 11.3. The molecule has 7 heteroatoms. The van der Waals surface area contributed by atoms with Crippen molar-refractivity contribution in [3.05, 3.63) is 35.4 Å². The minimum Gasteiger partial charge on any atom is -0.396 e. The Morgan fingerprint density at radius 1 is 1.33 bits per heavy atom. The first kappa shape index (κ1) is 17.4. The monoisotopic (exact) mass is 352 g/mol.